The Morgan fingerprint density at radius 1 is 1.27 bits per heavy atom. The number of fused-ring (bicyclic) bond motifs is 1. The fourth-order valence-electron chi connectivity index (χ4n) is 2.37. The summed E-state index contributed by atoms with van der Waals surface area (Å²) in [5.74, 6) is -0.507. The highest BCUT2D eigenvalue weighted by molar-refractivity contribution is 5.87. The smallest absolute Gasteiger partial charge is 0.333 e. The number of hydrogen-bond donors (Lipinski definition) is 1. The molecule has 0 aliphatic rings. The van der Waals surface area contributed by atoms with Crippen molar-refractivity contribution in [1.29, 1.82) is 5.26 Å². The molecule has 1 unspecified atom stereocenters. The normalized spacial score (nSPS) is 11.7. The van der Waals surface area contributed by atoms with E-state index in [0.29, 0.717) is 33.4 Å². The maximum Gasteiger partial charge on any atom is 0.333 e. The van der Waals surface area contributed by atoms with Crippen molar-refractivity contribution in [2.45, 2.75) is 20.0 Å². The third kappa shape index (κ3) is 3.26. The van der Waals surface area contributed by atoms with E-state index in [9.17, 15) is 9.90 Å². The molecule has 3 rings (SSSR count). The first-order valence-corrected chi connectivity index (χ1v) is 7.86. The Kier molecular flexibility index (Phi) is 4.42. The Labute approximate surface area is 149 Å². The van der Waals surface area contributed by atoms with E-state index < -0.39 is 12.1 Å². The summed E-state index contributed by atoms with van der Waals surface area (Å²) in [5.41, 5.74) is 2.93. The van der Waals surface area contributed by atoms with Crippen LogP contribution in [0.15, 0.2) is 48.6 Å². The van der Waals surface area contributed by atoms with E-state index in [2.05, 4.69) is 16.8 Å². The maximum atomic E-state index is 11.7. The van der Waals surface area contributed by atoms with Crippen LogP contribution in [0.4, 0.5) is 0 Å². The van der Waals surface area contributed by atoms with Gasteiger partial charge in [0, 0.05) is 5.57 Å². The molecule has 7 heteroatoms. The molecule has 0 aliphatic heterocycles. The summed E-state index contributed by atoms with van der Waals surface area (Å²) < 4.78 is 5.31. The average molecular weight is 348 g/mol. The SMILES string of the molecule is C=C(C)C(=O)OC(C)c1ccc(O)c(-n2nc3ccc(C#N)cc3n2)c1. The first-order valence-electron chi connectivity index (χ1n) is 7.86. The summed E-state index contributed by atoms with van der Waals surface area (Å²) in [7, 11) is 0. The Morgan fingerprint density at radius 2 is 2.00 bits per heavy atom. The van der Waals surface area contributed by atoms with E-state index >= 15 is 0 Å². The number of esters is 1. The van der Waals surface area contributed by atoms with Crippen LogP contribution in [0, 0.1) is 11.3 Å². The van der Waals surface area contributed by atoms with Crippen molar-refractivity contribution in [3.63, 3.8) is 0 Å². The maximum absolute atomic E-state index is 11.7. The summed E-state index contributed by atoms with van der Waals surface area (Å²) in [6.45, 7) is 6.86. The van der Waals surface area contributed by atoms with Crippen LogP contribution in [0.2, 0.25) is 0 Å². The average Bonchev–Trinajstić information content (AvgIpc) is 3.04. The molecular weight excluding hydrogens is 332 g/mol. The summed E-state index contributed by atoms with van der Waals surface area (Å²) in [6, 6.07) is 11.8. The van der Waals surface area contributed by atoms with Crippen molar-refractivity contribution in [1.82, 2.24) is 15.0 Å². The van der Waals surface area contributed by atoms with Gasteiger partial charge in [0.05, 0.1) is 11.6 Å². The number of aromatic nitrogens is 3. The second-order valence-electron chi connectivity index (χ2n) is 5.88. The number of hydrogen-bond acceptors (Lipinski definition) is 6. The molecule has 2 aromatic carbocycles. The topological polar surface area (TPSA) is 101 Å². The van der Waals surface area contributed by atoms with Gasteiger partial charge in [-0.1, -0.05) is 12.6 Å². The second kappa shape index (κ2) is 6.69. The van der Waals surface area contributed by atoms with Gasteiger partial charge < -0.3 is 9.84 Å². The van der Waals surface area contributed by atoms with E-state index in [4.69, 9.17) is 10.00 Å². The fourth-order valence-corrected chi connectivity index (χ4v) is 2.37. The fraction of sp³-hybridized carbons (Fsp3) is 0.158. The lowest BCUT2D eigenvalue weighted by Crippen LogP contribution is -2.10. The molecule has 1 atom stereocenters. The number of nitrogens with zero attached hydrogens (tertiary/aromatic N) is 4. The monoisotopic (exact) mass is 348 g/mol. The lowest BCUT2D eigenvalue weighted by Gasteiger charge is -2.15. The Hall–Kier alpha value is -3.66. The molecule has 0 saturated heterocycles. The molecule has 0 radical (unpaired) electrons. The molecule has 1 aromatic heterocycles. The minimum Gasteiger partial charge on any atom is -0.506 e. The Bertz CT molecular complexity index is 1060. The van der Waals surface area contributed by atoms with Crippen LogP contribution >= 0.6 is 0 Å². The molecule has 0 saturated carbocycles. The van der Waals surface area contributed by atoms with Crippen molar-refractivity contribution < 1.29 is 14.6 Å². The molecule has 1 heterocycles. The van der Waals surface area contributed by atoms with Gasteiger partial charge in [-0.3, -0.25) is 0 Å². The van der Waals surface area contributed by atoms with E-state index in [1.165, 1.54) is 10.9 Å². The highest BCUT2D eigenvalue weighted by Gasteiger charge is 2.16. The highest BCUT2D eigenvalue weighted by atomic mass is 16.5. The van der Waals surface area contributed by atoms with Gasteiger partial charge in [0.2, 0.25) is 0 Å². The zero-order chi connectivity index (χ0) is 18.8. The van der Waals surface area contributed by atoms with Gasteiger partial charge in [-0.15, -0.1) is 15.0 Å². The van der Waals surface area contributed by atoms with Gasteiger partial charge in [0.15, 0.2) is 0 Å². The molecule has 0 aliphatic carbocycles. The summed E-state index contributed by atoms with van der Waals surface area (Å²) in [4.78, 5) is 13.0. The van der Waals surface area contributed by atoms with E-state index in [0.717, 1.165) is 0 Å². The van der Waals surface area contributed by atoms with Crippen molar-refractivity contribution in [3.8, 4) is 17.5 Å². The molecule has 130 valence electrons. The van der Waals surface area contributed by atoms with Gasteiger partial charge in [0.25, 0.3) is 0 Å². The molecule has 1 N–H and O–H groups in total. The van der Waals surface area contributed by atoms with E-state index in [1.807, 2.05) is 6.07 Å². The predicted molar refractivity (Wildman–Crippen MR) is 94.6 cm³/mol. The molecule has 3 aromatic rings. The molecular formula is C19H16N4O3. The number of phenols is 1. The number of benzene rings is 2. The third-order valence-electron chi connectivity index (χ3n) is 3.83. The lowest BCUT2D eigenvalue weighted by atomic mass is 10.1. The molecule has 7 nitrogen and oxygen atoms in total. The predicted octanol–water partition coefficient (Wildman–Crippen LogP) is 3.18. The van der Waals surface area contributed by atoms with Crippen molar-refractivity contribution in [3.05, 3.63) is 59.7 Å². The van der Waals surface area contributed by atoms with Crippen LogP contribution in [0.3, 0.4) is 0 Å². The molecule has 26 heavy (non-hydrogen) atoms. The van der Waals surface area contributed by atoms with Gasteiger partial charge in [-0.25, -0.2) is 4.79 Å². The Balaban J connectivity index is 1.99. The first-order chi connectivity index (χ1) is 12.4. The molecule has 0 bridgehead atoms. The van der Waals surface area contributed by atoms with Crippen LogP contribution < -0.4 is 0 Å². The number of aromatic hydroxyl groups is 1. The molecule has 0 amide bonds. The van der Waals surface area contributed by atoms with E-state index in [1.54, 1.807) is 44.2 Å². The third-order valence-corrected chi connectivity index (χ3v) is 3.83. The summed E-state index contributed by atoms with van der Waals surface area (Å²) >= 11 is 0. The minimum atomic E-state index is -0.534. The van der Waals surface area contributed by atoms with Crippen LogP contribution in [-0.4, -0.2) is 26.1 Å². The highest BCUT2D eigenvalue weighted by Crippen LogP contribution is 2.27. The quantitative estimate of drug-likeness (QED) is 0.574. The van der Waals surface area contributed by atoms with Gasteiger partial charge in [-0.05, 0) is 49.7 Å². The van der Waals surface area contributed by atoms with Gasteiger partial charge in [0.1, 0.15) is 28.6 Å². The standard InChI is InChI=1S/C19H16N4O3/c1-11(2)19(25)26-12(3)14-5-7-18(24)17(9-14)23-21-15-6-4-13(10-20)8-16(15)22-23/h4-9,12,24H,1H2,2-3H3. The van der Waals surface area contributed by atoms with Crippen molar-refractivity contribution >= 4 is 17.0 Å². The lowest BCUT2D eigenvalue weighted by molar-refractivity contribution is -0.143. The van der Waals surface area contributed by atoms with Crippen LogP contribution in [0.5, 0.6) is 5.75 Å². The largest absolute Gasteiger partial charge is 0.506 e. The number of nitriles is 1. The zero-order valence-corrected chi connectivity index (χ0v) is 14.3. The van der Waals surface area contributed by atoms with Gasteiger partial charge >= 0.3 is 5.97 Å². The number of carbonyl (C=O) groups is 1. The zero-order valence-electron chi connectivity index (χ0n) is 14.3. The minimum absolute atomic E-state index is 0.0204. The first kappa shape index (κ1) is 17.2. The molecule has 0 fully saturated rings. The summed E-state index contributed by atoms with van der Waals surface area (Å²) in [5, 5.41) is 27.8. The molecule has 0 spiro atoms. The summed E-state index contributed by atoms with van der Waals surface area (Å²) in [6.07, 6.45) is -0.534. The van der Waals surface area contributed by atoms with Crippen LogP contribution in [0.1, 0.15) is 31.1 Å². The van der Waals surface area contributed by atoms with E-state index in [-0.39, 0.29) is 5.75 Å². The number of ether oxygens (including phenoxy) is 1. The number of rotatable bonds is 4. The van der Waals surface area contributed by atoms with Crippen molar-refractivity contribution in [2.24, 2.45) is 0 Å². The van der Waals surface area contributed by atoms with Crippen molar-refractivity contribution in [2.75, 3.05) is 0 Å². The number of carbonyl (C=O) groups excluding carboxylic acids is 1. The Morgan fingerprint density at radius 3 is 2.69 bits per heavy atom. The number of phenolic OH excluding ortho intramolecular Hbond substituents is 1. The van der Waals surface area contributed by atoms with Gasteiger partial charge in [-0.2, -0.15) is 5.26 Å². The van der Waals surface area contributed by atoms with Crippen LogP contribution in [0.25, 0.3) is 16.7 Å². The second-order valence-corrected chi connectivity index (χ2v) is 5.88. The van der Waals surface area contributed by atoms with Crippen LogP contribution in [-0.2, 0) is 9.53 Å².